The van der Waals surface area contributed by atoms with Gasteiger partial charge >= 0.3 is 7.60 Å². The van der Waals surface area contributed by atoms with Gasteiger partial charge in [0.05, 0.1) is 13.2 Å². The minimum Gasteiger partial charge on any atom is -0.463 e. The predicted molar refractivity (Wildman–Crippen MR) is 67.6 cm³/mol. The first-order valence-corrected chi connectivity index (χ1v) is 7.31. The van der Waals surface area contributed by atoms with E-state index in [0.29, 0.717) is 31.3 Å². The van der Waals surface area contributed by atoms with E-state index in [-0.39, 0.29) is 11.6 Å². The van der Waals surface area contributed by atoms with Gasteiger partial charge < -0.3 is 23.7 Å². The van der Waals surface area contributed by atoms with Gasteiger partial charge in [-0.05, 0) is 26.0 Å². The zero-order chi connectivity index (χ0) is 12.7. The van der Waals surface area contributed by atoms with Gasteiger partial charge in [0.2, 0.25) is 0 Å². The van der Waals surface area contributed by atoms with Crippen LogP contribution in [0.25, 0.3) is 0 Å². The normalized spacial score (nSPS) is 11.3. The third kappa shape index (κ3) is 5.33. The molecule has 0 spiro atoms. The Labute approximate surface area is 107 Å². The minimum absolute atomic E-state index is 0. The molecule has 0 aliphatic carbocycles. The Balaban J connectivity index is 0.00000289. The molecule has 2 N–H and O–H groups in total. The molecule has 0 saturated heterocycles. The Morgan fingerprint density at radius 2 is 1.72 bits per heavy atom. The molecule has 1 heterocycles. The highest BCUT2D eigenvalue weighted by molar-refractivity contribution is 7.53. The maximum Gasteiger partial charge on any atom is 0.338 e. The van der Waals surface area contributed by atoms with Crippen molar-refractivity contribution in [3.8, 4) is 0 Å². The average Bonchev–Trinajstić information content (AvgIpc) is 2.66. The van der Waals surface area contributed by atoms with Gasteiger partial charge in [-0.25, -0.2) is 0 Å². The summed E-state index contributed by atoms with van der Waals surface area (Å²) < 4.78 is 33.0. The molecule has 0 amide bonds. The second kappa shape index (κ2) is 8.45. The smallest absolute Gasteiger partial charge is 0.338 e. The number of hydrogen-bond donors (Lipinski definition) is 0. The molecule has 6 nitrogen and oxygen atoms in total. The van der Waals surface area contributed by atoms with Gasteiger partial charge in [-0.2, -0.15) is 0 Å². The van der Waals surface area contributed by atoms with E-state index in [1.54, 1.807) is 33.1 Å². The summed E-state index contributed by atoms with van der Waals surface area (Å²) in [4.78, 5) is 0. The molecule has 0 aliphatic heterocycles. The van der Waals surface area contributed by atoms with E-state index in [0.717, 1.165) is 0 Å². The Morgan fingerprint density at radius 3 is 2.22 bits per heavy atom. The quantitative estimate of drug-likeness (QED) is 0.682. The van der Waals surface area contributed by atoms with Crippen molar-refractivity contribution in [1.29, 1.82) is 0 Å². The number of ether oxygens (including phenoxy) is 1. The van der Waals surface area contributed by atoms with Crippen molar-refractivity contribution < 1.29 is 28.2 Å². The lowest BCUT2D eigenvalue weighted by Gasteiger charge is -2.15. The zero-order valence-electron chi connectivity index (χ0n) is 11.0. The SMILES string of the molecule is CCOP(=O)(Cc1ccc(COC)o1)OCC.O. The van der Waals surface area contributed by atoms with Crippen molar-refractivity contribution >= 4 is 7.60 Å². The van der Waals surface area contributed by atoms with E-state index >= 15 is 0 Å². The first kappa shape index (κ1) is 17.4. The lowest BCUT2D eigenvalue weighted by molar-refractivity contribution is 0.162. The summed E-state index contributed by atoms with van der Waals surface area (Å²) in [5, 5.41) is 0. The van der Waals surface area contributed by atoms with Crippen LogP contribution in [0.2, 0.25) is 0 Å². The summed E-state index contributed by atoms with van der Waals surface area (Å²) in [6, 6.07) is 3.56. The van der Waals surface area contributed by atoms with Gasteiger partial charge in [0.15, 0.2) is 0 Å². The average molecular weight is 280 g/mol. The van der Waals surface area contributed by atoms with E-state index < -0.39 is 7.60 Å². The van der Waals surface area contributed by atoms with Crippen LogP contribution in [0.1, 0.15) is 25.4 Å². The maximum atomic E-state index is 12.2. The first-order chi connectivity index (χ1) is 8.13. The van der Waals surface area contributed by atoms with Crippen molar-refractivity contribution in [1.82, 2.24) is 0 Å². The van der Waals surface area contributed by atoms with Gasteiger partial charge in [0, 0.05) is 7.11 Å². The third-order valence-electron chi connectivity index (χ3n) is 2.00. The second-order valence-corrected chi connectivity index (χ2v) is 5.46. The van der Waals surface area contributed by atoms with Gasteiger partial charge in [-0.15, -0.1) is 0 Å². The standard InChI is InChI=1S/C11H19O5P.H2O/c1-4-14-17(12,15-5-2)9-11-7-6-10(16-11)8-13-3;/h6-7H,4-5,8-9H2,1-3H3;1H2. The van der Waals surface area contributed by atoms with Crippen molar-refractivity contribution in [3.63, 3.8) is 0 Å². The molecule has 0 bridgehead atoms. The van der Waals surface area contributed by atoms with Crippen LogP contribution in [0.5, 0.6) is 0 Å². The number of rotatable bonds is 8. The fourth-order valence-electron chi connectivity index (χ4n) is 1.44. The molecule has 1 rings (SSSR count). The Bertz CT molecular complexity index is 365. The highest BCUT2D eigenvalue weighted by atomic mass is 31.2. The molecule has 0 fully saturated rings. The minimum atomic E-state index is -3.08. The zero-order valence-corrected chi connectivity index (χ0v) is 11.9. The molecule has 0 aromatic carbocycles. The highest BCUT2D eigenvalue weighted by Crippen LogP contribution is 2.51. The van der Waals surface area contributed by atoms with Crippen LogP contribution < -0.4 is 0 Å². The van der Waals surface area contributed by atoms with E-state index in [4.69, 9.17) is 18.2 Å². The van der Waals surface area contributed by atoms with E-state index in [9.17, 15) is 4.57 Å². The molecule has 0 aliphatic rings. The van der Waals surface area contributed by atoms with Crippen LogP contribution in [0, 0.1) is 0 Å². The topological polar surface area (TPSA) is 89.4 Å². The molecule has 7 heteroatoms. The van der Waals surface area contributed by atoms with Crippen LogP contribution in [0.15, 0.2) is 16.5 Å². The van der Waals surface area contributed by atoms with Crippen molar-refractivity contribution in [2.45, 2.75) is 26.6 Å². The molecule has 0 unspecified atom stereocenters. The molecule has 1 aromatic heterocycles. The Hall–Kier alpha value is -0.650. The summed E-state index contributed by atoms with van der Waals surface area (Å²) in [6.07, 6.45) is 0.151. The largest absolute Gasteiger partial charge is 0.463 e. The molecular weight excluding hydrogens is 259 g/mol. The van der Waals surface area contributed by atoms with Crippen LogP contribution in [-0.4, -0.2) is 25.8 Å². The van der Waals surface area contributed by atoms with Gasteiger partial charge in [0.25, 0.3) is 0 Å². The Morgan fingerprint density at radius 1 is 1.17 bits per heavy atom. The van der Waals surface area contributed by atoms with Crippen molar-refractivity contribution in [3.05, 3.63) is 23.7 Å². The summed E-state index contributed by atoms with van der Waals surface area (Å²) >= 11 is 0. The number of furan rings is 1. The fourth-order valence-corrected chi connectivity index (χ4v) is 3.04. The van der Waals surface area contributed by atoms with Gasteiger partial charge in [0.1, 0.15) is 24.3 Å². The molecule has 0 saturated carbocycles. The van der Waals surface area contributed by atoms with Crippen LogP contribution in [0.4, 0.5) is 0 Å². The number of hydrogen-bond acceptors (Lipinski definition) is 5. The summed E-state index contributed by atoms with van der Waals surface area (Å²) in [5.74, 6) is 1.28. The molecular formula is C11H21O6P. The van der Waals surface area contributed by atoms with E-state index in [1.807, 2.05) is 0 Å². The second-order valence-electron chi connectivity index (χ2n) is 3.41. The lowest BCUT2D eigenvalue weighted by atomic mass is 10.4. The molecule has 18 heavy (non-hydrogen) atoms. The third-order valence-corrected chi connectivity index (χ3v) is 4.01. The van der Waals surface area contributed by atoms with E-state index in [2.05, 4.69) is 0 Å². The van der Waals surface area contributed by atoms with Crippen molar-refractivity contribution in [2.24, 2.45) is 0 Å². The lowest BCUT2D eigenvalue weighted by Crippen LogP contribution is -1.98. The van der Waals surface area contributed by atoms with Crippen molar-refractivity contribution in [2.75, 3.05) is 20.3 Å². The van der Waals surface area contributed by atoms with Crippen LogP contribution in [0.3, 0.4) is 0 Å². The van der Waals surface area contributed by atoms with Gasteiger partial charge in [-0.1, -0.05) is 0 Å². The number of methoxy groups -OCH3 is 1. The molecule has 0 atom stereocenters. The monoisotopic (exact) mass is 280 g/mol. The van der Waals surface area contributed by atoms with E-state index in [1.165, 1.54) is 0 Å². The summed E-state index contributed by atoms with van der Waals surface area (Å²) in [5.41, 5.74) is 0. The Kier molecular flexibility index (Phi) is 8.15. The predicted octanol–water partition coefficient (Wildman–Crippen LogP) is 2.37. The first-order valence-electron chi connectivity index (χ1n) is 5.58. The van der Waals surface area contributed by atoms with Crippen LogP contribution in [-0.2, 0) is 31.1 Å². The van der Waals surface area contributed by atoms with Gasteiger partial charge in [-0.3, -0.25) is 4.57 Å². The fraction of sp³-hybridized carbons (Fsp3) is 0.636. The molecule has 1 aromatic rings. The summed E-state index contributed by atoms with van der Waals surface area (Å²) in [7, 11) is -1.49. The van der Waals surface area contributed by atoms with Crippen LogP contribution >= 0.6 is 7.60 Å². The summed E-state index contributed by atoms with van der Waals surface area (Å²) in [6.45, 7) is 4.66. The highest BCUT2D eigenvalue weighted by Gasteiger charge is 2.25. The molecule has 0 radical (unpaired) electrons. The maximum absolute atomic E-state index is 12.2. The molecule has 106 valence electrons.